The van der Waals surface area contributed by atoms with Crippen LogP contribution < -0.4 is 5.73 Å². The zero-order valence-corrected chi connectivity index (χ0v) is 10.5. The van der Waals surface area contributed by atoms with Crippen molar-refractivity contribution in [2.45, 2.75) is 25.4 Å². The number of hydrogen-bond acceptors (Lipinski definition) is 2. The van der Waals surface area contributed by atoms with Crippen LogP contribution in [-0.4, -0.2) is 13.2 Å². The molecule has 0 aliphatic heterocycles. The third-order valence-corrected chi connectivity index (χ3v) is 2.56. The molecule has 1 unspecified atom stereocenters. The Kier molecular flexibility index (Phi) is 5.04. The second-order valence-corrected chi connectivity index (χ2v) is 4.02. The van der Waals surface area contributed by atoms with Gasteiger partial charge in [-0.3, -0.25) is 0 Å². The molecular weight excluding hydrogens is 288 g/mol. The molecule has 1 atom stereocenters. The summed E-state index contributed by atoms with van der Waals surface area (Å²) in [6.45, 7) is 1.48. The lowest BCUT2D eigenvalue weighted by molar-refractivity contribution is -0.143. The number of alkyl halides is 6. The standard InChI is InChI=1S/C12H13F6NO/c1-2-20-10(6-19)7-3-8(11(13,14)15)5-9(4-7)12(16,17)18/h3-5,10H,2,6,19H2,1H3. The first-order chi connectivity index (χ1) is 9.09. The SMILES string of the molecule is CCOC(CN)c1cc(C(F)(F)F)cc(C(F)(F)F)c1. The highest BCUT2D eigenvalue weighted by atomic mass is 19.4. The van der Waals surface area contributed by atoms with E-state index in [1.165, 1.54) is 0 Å². The number of halogens is 6. The van der Waals surface area contributed by atoms with Crippen molar-refractivity contribution in [1.82, 2.24) is 0 Å². The Morgan fingerprint density at radius 1 is 1.00 bits per heavy atom. The number of ether oxygens (including phenoxy) is 1. The molecule has 0 spiro atoms. The van der Waals surface area contributed by atoms with Gasteiger partial charge in [-0.2, -0.15) is 26.3 Å². The monoisotopic (exact) mass is 301 g/mol. The molecule has 114 valence electrons. The van der Waals surface area contributed by atoms with Crippen LogP contribution in [0.1, 0.15) is 29.7 Å². The minimum absolute atomic E-state index is 0.0724. The molecular formula is C12H13F6NO. The molecule has 0 heterocycles. The Balaban J connectivity index is 3.37. The zero-order chi connectivity index (χ0) is 15.6. The molecule has 0 aliphatic rings. The smallest absolute Gasteiger partial charge is 0.372 e. The number of nitrogens with two attached hydrogens (primary N) is 1. The van der Waals surface area contributed by atoms with Gasteiger partial charge in [0.15, 0.2) is 0 Å². The summed E-state index contributed by atoms with van der Waals surface area (Å²) in [6.07, 6.45) is -10.8. The molecule has 8 heteroatoms. The highest BCUT2D eigenvalue weighted by molar-refractivity contribution is 5.35. The maximum atomic E-state index is 12.6. The molecule has 0 amide bonds. The highest BCUT2D eigenvalue weighted by Gasteiger charge is 2.37. The maximum Gasteiger partial charge on any atom is 0.416 e. The fraction of sp³-hybridized carbons (Fsp3) is 0.500. The third kappa shape index (κ3) is 4.11. The van der Waals surface area contributed by atoms with Gasteiger partial charge in [0.2, 0.25) is 0 Å². The van der Waals surface area contributed by atoms with Crippen molar-refractivity contribution in [3.8, 4) is 0 Å². The molecule has 0 bridgehead atoms. The molecule has 20 heavy (non-hydrogen) atoms. The fourth-order valence-electron chi connectivity index (χ4n) is 1.67. The van der Waals surface area contributed by atoms with E-state index >= 15 is 0 Å². The predicted octanol–water partition coefficient (Wildman–Crippen LogP) is 3.76. The molecule has 0 fully saturated rings. The van der Waals surface area contributed by atoms with Crippen molar-refractivity contribution in [3.05, 3.63) is 34.9 Å². The lowest BCUT2D eigenvalue weighted by Gasteiger charge is -2.19. The first-order valence-electron chi connectivity index (χ1n) is 5.70. The molecule has 1 aromatic carbocycles. The quantitative estimate of drug-likeness (QED) is 0.859. The Hall–Kier alpha value is -1.28. The Labute approximate surface area is 111 Å². The normalized spacial score (nSPS) is 14.4. The van der Waals surface area contributed by atoms with Gasteiger partial charge in [-0.15, -0.1) is 0 Å². The van der Waals surface area contributed by atoms with E-state index in [1.807, 2.05) is 0 Å². The molecule has 1 rings (SSSR count). The molecule has 0 saturated carbocycles. The summed E-state index contributed by atoms with van der Waals surface area (Å²) in [7, 11) is 0. The minimum atomic E-state index is -4.87. The van der Waals surface area contributed by atoms with Crippen molar-refractivity contribution in [1.29, 1.82) is 0 Å². The summed E-state index contributed by atoms with van der Waals surface area (Å²) in [4.78, 5) is 0. The van der Waals surface area contributed by atoms with Crippen LogP contribution in [0.25, 0.3) is 0 Å². The lowest BCUT2D eigenvalue weighted by atomic mass is 10.0. The van der Waals surface area contributed by atoms with Gasteiger partial charge in [-0.1, -0.05) is 0 Å². The summed E-state index contributed by atoms with van der Waals surface area (Å²) < 4.78 is 81.0. The van der Waals surface area contributed by atoms with Gasteiger partial charge < -0.3 is 10.5 Å². The molecule has 0 saturated heterocycles. The molecule has 2 nitrogen and oxygen atoms in total. The van der Waals surface area contributed by atoms with Gasteiger partial charge >= 0.3 is 12.4 Å². The van der Waals surface area contributed by atoms with Gasteiger partial charge in [-0.05, 0) is 30.7 Å². The van der Waals surface area contributed by atoms with Crippen molar-refractivity contribution in [2.75, 3.05) is 13.2 Å². The van der Waals surface area contributed by atoms with Gasteiger partial charge in [0.05, 0.1) is 17.2 Å². The van der Waals surface area contributed by atoms with E-state index in [1.54, 1.807) is 6.92 Å². The first-order valence-corrected chi connectivity index (χ1v) is 5.70. The summed E-state index contributed by atoms with van der Waals surface area (Å²) >= 11 is 0. The molecule has 0 aliphatic carbocycles. The average Bonchev–Trinajstić information content (AvgIpc) is 2.33. The molecule has 0 aromatic heterocycles. The van der Waals surface area contributed by atoms with Gasteiger partial charge in [-0.25, -0.2) is 0 Å². The van der Waals surface area contributed by atoms with Crippen LogP contribution in [0.3, 0.4) is 0 Å². The van der Waals surface area contributed by atoms with Gasteiger partial charge in [0, 0.05) is 13.2 Å². The van der Waals surface area contributed by atoms with E-state index in [0.717, 1.165) is 0 Å². The second kappa shape index (κ2) is 6.01. The number of rotatable bonds is 4. The summed E-state index contributed by atoms with van der Waals surface area (Å²) in [6, 6.07) is 1.33. The molecule has 0 radical (unpaired) electrons. The van der Waals surface area contributed by atoms with Crippen molar-refractivity contribution >= 4 is 0 Å². The Morgan fingerprint density at radius 3 is 1.75 bits per heavy atom. The first kappa shape index (κ1) is 16.8. The van der Waals surface area contributed by atoms with E-state index in [4.69, 9.17) is 10.5 Å². The van der Waals surface area contributed by atoms with Crippen LogP contribution in [0.5, 0.6) is 0 Å². The highest BCUT2D eigenvalue weighted by Crippen LogP contribution is 2.37. The summed E-state index contributed by atoms with van der Waals surface area (Å²) in [5.74, 6) is 0. The maximum absolute atomic E-state index is 12.6. The number of benzene rings is 1. The van der Waals surface area contributed by atoms with E-state index in [2.05, 4.69) is 0 Å². The van der Waals surface area contributed by atoms with Crippen LogP contribution in [-0.2, 0) is 17.1 Å². The van der Waals surface area contributed by atoms with Gasteiger partial charge in [0.1, 0.15) is 0 Å². The van der Waals surface area contributed by atoms with E-state index < -0.39 is 29.6 Å². The largest absolute Gasteiger partial charge is 0.416 e. The zero-order valence-electron chi connectivity index (χ0n) is 10.5. The van der Waals surface area contributed by atoms with Crippen LogP contribution in [0, 0.1) is 0 Å². The van der Waals surface area contributed by atoms with E-state index in [-0.39, 0.29) is 24.8 Å². The average molecular weight is 301 g/mol. The number of hydrogen-bond donors (Lipinski definition) is 1. The summed E-state index contributed by atoms with van der Waals surface area (Å²) in [5, 5.41) is 0. The molecule has 1 aromatic rings. The Bertz CT molecular complexity index is 422. The van der Waals surface area contributed by atoms with E-state index in [0.29, 0.717) is 12.1 Å². The molecule has 2 N–H and O–H groups in total. The van der Waals surface area contributed by atoms with E-state index in [9.17, 15) is 26.3 Å². The lowest BCUT2D eigenvalue weighted by Crippen LogP contribution is -2.19. The predicted molar refractivity (Wildman–Crippen MR) is 59.9 cm³/mol. The minimum Gasteiger partial charge on any atom is -0.372 e. The van der Waals surface area contributed by atoms with Crippen molar-refractivity contribution in [2.24, 2.45) is 5.73 Å². The second-order valence-electron chi connectivity index (χ2n) is 4.02. The van der Waals surface area contributed by atoms with Crippen LogP contribution in [0.4, 0.5) is 26.3 Å². The third-order valence-electron chi connectivity index (χ3n) is 2.56. The van der Waals surface area contributed by atoms with Crippen molar-refractivity contribution in [3.63, 3.8) is 0 Å². The Morgan fingerprint density at radius 2 is 1.45 bits per heavy atom. The van der Waals surface area contributed by atoms with Crippen LogP contribution in [0.2, 0.25) is 0 Å². The van der Waals surface area contributed by atoms with Crippen LogP contribution >= 0.6 is 0 Å². The summed E-state index contributed by atoms with van der Waals surface area (Å²) in [5.41, 5.74) is 2.33. The van der Waals surface area contributed by atoms with Gasteiger partial charge in [0.25, 0.3) is 0 Å². The topological polar surface area (TPSA) is 35.2 Å². The van der Waals surface area contributed by atoms with Crippen molar-refractivity contribution < 1.29 is 31.1 Å². The van der Waals surface area contributed by atoms with Crippen LogP contribution in [0.15, 0.2) is 18.2 Å². The fourth-order valence-corrected chi connectivity index (χ4v) is 1.67.